The Hall–Kier alpha value is -2.37. The van der Waals surface area contributed by atoms with Gasteiger partial charge in [0.05, 0.1) is 6.04 Å². The third kappa shape index (κ3) is 2.89. The lowest BCUT2D eigenvalue weighted by molar-refractivity contribution is -0.126. The van der Waals surface area contributed by atoms with Crippen LogP contribution in [0.3, 0.4) is 0 Å². The zero-order valence-corrected chi connectivity index (χ0v) is 11.8. The van der Waals surface area contributed by atoms with Crippen LogP contribution in [0.4, 0.5) is 0 Å². The van der Waals surface area contributed by atoms with E-state index in [4.69, 9.17) is 4.84 Å². The van der Waals surface area contributed by atoms with Gasteiger partial charge in [0.15, 0.2) is 6.10 Å². The number of nitrogens with one attached hydrogen (secondary N) is 1. The Morgan fingerprint density at radius 2 is 2.10 bits per heavy atom. The molecule has 2 heterocycles. The fraction of sp³-hybridized carbons (Fsp3) is 0.400. The second-order valence-electron chi connectivity index (χ2n) is 5.40. The van der Waals surface area contributed by atoms with Gasteiger partial charge in [0.25, 0.3) is 5.91 Å². The minimum absolute atomic E-state index is 0.0482. The summed E-state index contributed by atoms with van der Waals surface area (Å²) in [6.45, 7) is 0.542. The van der Waals surface area contributed by atoms with Gasteiger partial charge in [0, 0.05) is 26.4 Å². The number of rotatable bonds is 3. The molecule has 2 aliphatic rings. The van der Waals surface area contributed by atoms with Crippen LogP contribution in [0.25, 0.3) is 0 Å². The zero-order chi connectivity index (χ0) is 14.8. The molecule has 2 aliphatic heterocycles. The molecule has 21 heavy (non-hydrogen) atoms. The molecule has 1 N–H and O–H groups in total. The number of carbonyl (C=O) groups excluding carboxylic acids is 2. The van der Waals surface area contributed by atoms with Crippen LogP contribution in [0.15, 0.2) is 35.5 Å². The molecule has 0 radical (unpaired) electrons. The van der Waals surface area contributed by atoms with Crippen LogP contribution in [0.1, 0.15) is 24.5 Å². The first-order valence-corrected chi connectivity index (χ1v) is 6.96. The van der Waals surface area contributed by atoms with E-state index >= 15 is 0 Å². The number of likely N-dealkylation sites (N-methyl/N-ethyl adjacent to an activating group) is 1. The molecule has 0 spiro atoms. The van der Waals surface area contributed by atoms with Crippen LogP contribution < -0.4 is 5.32 Å². The van der Waals surface area contributed by atoms with Crippen molar-refractivity contribution in [1.29, 1.82) is 0 Å². The number of hydrogen-bond donors (Lipinski definition) is 1. The maximum atomic E-state index is 12.1. The SMILES string of the molecule is CN1C[C@H](NC(=O)C2=NO[C@@H](c3ccccc3)C2)CC1=O. The van der Waals surface area contributed by atoms with E-state index in [9.17, 15) is 9.59 Å². The van der Waals surface area contributed by atoms with E-state index in [1.165, 1.54) is 0 Å². The molecular formula is C15H17N3O3. The van der Waals surface area contributed by atoms with Crippen LogP contribution in [0.5, 0.6) is 0 Å². The van der Waals surface area contributed by atoms with Gasteiger partial charge < -0.3 is 15.1 Å². The van der Waals surface area contributed by atoms with E-state index < -0.39 is 0 Å². The number of hydrogen-bond acceptors (Lipinski definition) is 4. The van der Waals surface area contributed by atoms with Crippen LogP contribution in [0.2, 0.25) is 0 Å². The summed E-state index contributed by atoms with van der Waals surface area (Å²) in [5, 5.41) is 6.72. The lowest BCUT2D eigenvalue weighted by Gasteiger charge is -2.12. The van der Waals surface area contributed by atoms with Crippen molar-refractivity contribution in [3.63, 3.8) is 0 Å². The summed E-state index contributed by atoms with van der Waals surface area (Å²) < 4.78 is 0. The lowest BCUT2D eigenvalue weighted by Crippen LogP contribution is -2.40. The molecule has 0 bridgehead atoms. The standard InChI is InChI=1S/C15H17N3O3/c1-18-9-11(7-14(18)19)16-15(20)12-8-13(21-17-12)10-5-3-2-4-6-10/h2-6,11,13H,7-9H2,1H3,(H,16,20)/t11-,13-/m1/s1. The molecule has 2 atom stereocenters. The minimum Gasteiger partial charge on any atom is -0.387 e. The summed E-state index contributed by atoms with van der Waals surface area (Å²) in [5.74, 6) is -0.200. The quantitative estimate of drug-likeness (QED) is 0.896. The van der Waals surface area contributed by atoms with Crippen molar-refractivity contribution in [3.05, 3.63) is 35.9 Å². The molecule has 110 valence electrons. The highest BCUT2D eigenvalue weighted by Crippen LogP contribution is 2.27. The van der Waals surface area contributed by atoms with Gasteiger partial charge >= 0.3 is 0 Å². The molecule has 0 unspecified atom stereocenters. The van der Waals surface area contributed by atoms with Crippen LogP contribution in [-0.2, 0) is 14.4 Å². The third-order valence-electron chi connectivity index (χ3n) is 3.78. The Labute approximate surface area is 122 Å². The second kappa shape index (κ2) is 5.55. The van der Waals surface area contributed by atoms with Crippen LogP contribution >= 0.6 is 0 Å². The normalized spacial score (nSPS) is 24.7. The number of oxime groups is 1. The molecule has 0 saturated carbocycles. The predicted molar refractivity (Wildman–Crippen MR) is 76.5 cm³/mol. The first kappa shape index (κ1) is 13.6. The van der Waals surface area contributed by atoms with Crippen LogP contribution in [0, 0.1) is 0 Å². The first-order valence-electron chi connectivity index (χ1n) is 6.96. The van der Waals surface area contributed by atoms with Gasteiger partial charge in [-0.25, -0.2) is 0 Å². The van der Waals surface area contributed by atoms with Crippen molar-refractivity contribution in [1.82, 2.24) is 10.2 Å². The topological polar surface area (TPSA) is 71.0 Å². The van der Waals surface area contributed by atoms with Gasteiger partial charge in [-0.1, -0.05) is 35.5 Å². The zero-order valence-electron chi connectivity index (χ0n) is 11.8. The van der Waals surface area contributed by atoms with Crippen molar-refractivity contribution in [2.75, 3.05) is 13.6 Å². The smallest absolute Gasteiger partial charge is 0.269 e. The van der Waals surface area contributed by atoms with Crippen molar-refractivity contribution in [2.24, 2.45) is 5.16 Å². The number of benzene rings is 1. The van der Waals surface area contributed by atoms with E-state index in [1.54, 1.807) is 11.9 Å². The van der Waals surface area contributed by atoms with Gasteiger partial charge in [-0.3, -0.25) is 9.59 Å². The van der Waals surface area contributed by atoms with Crippen molar-refractivity contribution in [3.8, 4) is 0 Å². The van der Waals surface area contributed by atoms with E-state index in [0.29, 0.717) is 25.1 Å². The average Bonchev–Trinajstić information content (AvgIpc) is 3.08. The Morgan fingerprint density at radius 1 is 1.33 bits per heavy atom. The summed E-state index contributed by atoms with van der Waals surface area (Å²) in [7, 11) is 1.73. The molecule has 1 aromatic carbocycles. The highest BCUT2D eigenvalue weighted by molar-refractivity contribution is 6.39. The molecule has 2 amide bonds. The highest BCUT2D eigenvalue weighted by atomic mass is 16.6. The number of carbonyl (C=O) groups is 2. The molecular weight excluding hydrogens is 270 g/mol. The number of likely N-dealkylation sites (tertiary alicyclic amines) is 1. The average molecular weight is 287 g/mol. The maximum Gasteiger partial charge on any atom is 0.269 e. The van der Waals surface area contributed by atoms with Gasteiger partial charge in [-0.2, -0.15) is 0 Å². The van der Waals surface area contributed by atoms with Crippen molar-refractivity contribution in [2.45, 2.75) is 25.0 Å². The monoisotopic (exact) mass is 287 g/mol. The minimum atomic E-state index is -0.249. The first-order chi connectivity index (χ1) is 10.1. The summed E-state index contributed by atoms with van der Waals surface area (Å²) in [4.78, 5) is 30.5. The van der Waals surface area contributed by atoms with Crippen molar-refractivity contribution < 1.29 is 14.4 Å². The lowest BCUT2D eigenvalue weighted by atomic mass is 10.0. The molecule has 1 aromatic rings. The van der Waals surface area contributed by atoms with E-state index in [1.807, 2.05) is 30.3 Å². The summed E-state index contributed by atoms with van der Waals surface area (Å²) in [5.41, 5.74) is 1.38. The molecule has 0 aromatic heterocycles. The van der Waals surface area contributed by atoms with Gasteiger partial charge in [0.1, 0.15) is 5.71 Å². The highest BCUT2D eigenvalue weighted by Gasteiger charge is 2.32. The van der Waals surface area contributed by atoms with E-state index in [0.717, 1.165) is 5.56 Å². The summed E-state index contributed by atoms with van der Waals surface area (Å²) in [6, 6.07) is 9.54. The number of nitrogens with zero attached hydrogens (tertiary/aromatic N) is 2. The Balaban J connectivity index is 1.56. The Kier molecular flexibility index (Phi) is 3.60. The molecule has 6 nitrogen and oxygen atoms in total. The van der Waals surface area contributed by atoms with Gasteiger partial charge in [-0.05, 0) is 5.56 Å². The fourth-order valence-corrected chi connectivity index (χ4v) is 2.59. The molecule has 0 aliphatic carbocycles. The molecule has 6 heteroatoms. The Bertz CT molecular complexity index is 585. The second-order valence-corrected chi connectivity index (χ2v) is 5.40. The van der Waals surface area contributed by atoms with Gasteiger partial charge in [0.2, 0.25) is 5.91 Å². The Morgan fingerprint density at radius 3 is 2.76 bits per heavy atom. The molecule has 3 rings (SSSR count). The number of amides is 2. The predicted octanol–water partition coefficient (Wildman–Crippen LogP) is 0.851. The maximum absolute atomic E-state index is 12.1. The van der Waals surface area contributed by atoms with E-state index in [2.05, 4.69) is 10.5 Å². The summed E-state index contributed by atoms with van der Waals surface area (Å²) in [6.07, 6.45) is 0.588. The molecule has 1 saturated heterocycles. The fourth-order valence-electron chi connectivity index (χ4n) is 2.59. The van der Waals surface area contributed by atoms with Crippen LogP contribution in [-0.4, -0.2) is 42.1 Å². The molecule has 1 fully saturated rings. The van der Waals surface area contributed by atoms with E-state index in [-0.39, 0.29) is 24.0 Å². The largest absolute Gasteiger partial charge is 0.387 e. The van der Waals surface area contributed by atoms with Crippen molar-refractivity contribution >= 4 is 17.5 Å². The summed E-state index contributed by atoms with van der Waals surface area (Å²) >= 11 is 0. The van der Waals surface area contributed by atoms with Gasteiger partial charge in [-0.15, -0.1) is 0 Å². The third-order valence-corrected chi connectivity index (χ3v) is 3.78.